The highest BCUT2D eigenvalue weighted by atomic mass is 16.5. The maximum atomic E-state index is 11.6. The van der Waals surface area contributed by atoms with Crippen LogP contribution in [-0.2, 0) is 4.79 Å². The van der Waals surface area contributed by atoms with Gasteiger partial charge in [0.05, 0.1) is 11.6 Å². The van der Waals surface area contributed by atoms with Crippen LogP contribution in [0.4, 0.5) is 0 Å². The van der Waals surface area contributed by atoms with E-state index in [2.05, 4.69) is 28.9 Å². The highest BCUT2D eigenvalue weighted by Gasteiger charge is 2.33. The molecule has 0 N–H and O–H groups in total. The summed E-state index contributed by atoms with van der Waals surface area (Å²) in [4.78, 5) is 18.1. The van der Waals surface area contributed by atoms with Crippen molar-refractivity contribution >= 4 is 16.7 Å². The zero-order chi connectivity index (χ0) is 15.0. The number of aromatic nitrogens is 1. The molecule has 2 atom stereocenters. The van der Waals surface area contributed by atoms with Crippen LogP contribution >= 0.6 is 0 Å². The Hall–Kier alpha value is -1.94. The molecule has 0 saturated carbocycles. The van der Waals surface area contributed by atoms with Crippen LogP contribution in [0.1, 0.15) is 18.9 Å². The van der Waals surface area contributed by atoms with Gasteiger partial charge >= 0.3 is 0 Å². The summed E-state index contributed by atoms with van der Waals surface area (Å²) in [5, 5.41) is 1.03. The van der Waals surface area contributed by atoms with Crippen LogP contribution in [0, 0.1) is 6.92 Å². The zero-order valence-corrected chi connectivity index (χ0v) is 12.7. The van der Waals surface area contributed by atoms with Crippen molar-refractivity contribution in [1.29, 1.82) is 0 Å². The van der Waals surface area contributed by atoms with E-state index in [1.807, 2.05) is 19.2 Å². The molecule has 0 amide bonds. The summed E-state index contributed by atoms with van der Waals surface area (Å²) < 4.78 is 6.15. The van der Waals surface area contributed by atoms with E-state index in [0.29, 0.717) is 0 Å². The molecular formula is C17H20N2O2. The van der Waals surface area contributed by atoms with Crippen molar-refractivity contribution in [3.8, 4) is 5.75 Å². The highest BCUT2D eigenvalue weighted by molar-refractivity contribution is 5.85. The Labute approximate surface area is 124 Å². The molecule has 1 aromatic carbocycles. The summed E-state index contributed by atoms with van der Waals surface area (Å²) in [6.07, 6.45) is 2.58. The number of fused-ring (bicyclic) bond motifs is 1. The van der Waals surface area contributed by atoms with E-state index in [-0.39, 0.29) is 17.9 Å². The number of ketones is 1. The largest absolute Gasteiger partial charge is 0.488 e. The van der Waals surface area contributed by atoms with Gasteiger partial charge in [-0.2, -0.15) is 0 Å². The molecule has 2 unspecified atom stereocenters. The van der Waals surface area contributed by atoms with Crippen LogP contribution in [-0.4, -0.2) is 41.4 Å². The molecule has 1 fully saturated rings. The maximum Gasteiger partial charge on any atom is 0.147 e. The number of carbonyl (C=O) groups excluding carboxylic acids is 1. The summed E-state index contributed by atoms with van der Waals surface area (Å²) in [5.74, 6) is 1.06. The first-order valence-electron chi connectivity index (χ1n) is 7.27. The molecule has 1 aromatic heterocycles. The number of hydrogen-bond acceptors (Lipinski definition) is 4. The normalized spacial score (nSPS) is 22.6. The number of rotatable bonds is 3. The Morgan fingerprint density at radius 3 is 2.90 bits per heavy atom. The lowest BCUT2D eigenvalue weighted by Crippen LogP contribution is -2.31. The van der Waals surface area contributed by atoms with Gasteiger partial charge in [-0.1, -0.05) is 6.07 Å². The Bertz CT molecular complexity index is 684. The predicted molar refractivity (Wildman–Crippen MR) is 82.6 cm³/mol. The number of pyridine rings is 1. The second-order valence-electron chi connectivity index (χ2n) is 5.87. The molecule has 4 heteroatoms. The number of carbonyl (C=O) groups is 1. The van der Waals surface area contributed by atoms with E-state index in [0.717, 1.165) is 29.6 Å². The monoisotopic (exact) mass is 284 g/mol. The first-order chi connectivity index (χ1) is 10.0. The summed E-state index contributed by atoms with van der Waals surface area (Å²) in [5.41, 5.74) is 2.13. The Morgan fingerprint density at radius 1 is 1.38 bits per heavy atom. The molecule has 0 bridgehead atoms. The van der Waals surface area contributed by atoms with Gasteiger partial charge in [0.1, 0.15) is 17.6 Å². The third-order valence-electron chi connectivity index (χ3n) is 4.13. The summed E-state index contributed by atoms with van der Waals surface area (Å²) in [7, 11) is 1.98. The second-order valence-corrected chi connectivity index (χ2v) is 5.87. The second kappa shape index (κ2) is 5.45. The standard InChI is InChI=1S/C17H20N2O2/c1-11-4-5-14-15(8-11)18-7-6-17(14)21-13-9-16(12(2)20)19(3)10-13/h4-8,13,16H,9-10H2,1-3H3. The van der Waals surface area contributed by atoms with Gasteiger partial charge in [0.15, 0.2) is 0 Å². The molecule has 3 rings (SSSR count). The predicted octanol–water partition coefficient (Wildman–Crippen LogP) is 2.58. The molecule has 1 aliphatic rings. The van der Waals surface area contributed by atoms with Gasteiger partial charge in [-0.3, -0.25) is 14.7 Å². The van der Waals surface area contributed by atoms with Crippen LogP contribution in [0.15, 0.2) is 30.5 Å². The molecule has 1 saturated heterocycles. The van der Waals surface area contributed by atoms with Crippen molar-refractivity contribution in [3.05, 3.63) is 36.0 Å². The summed E-state index contributed by atoms with van der Waals surface area (Å²) in [6, 6.07) is 8.05. The number of Topliss-reactive ketones (excluding diaryl/α,β-unsaturated/α-hetero) is 1. The smallest absolute Gasteiger partial charge is 0.147 e. The van der Waals surface area contributed by atoms with Crippen LogP contribution in [0.25, 0.3) is 10.9 Å². The van der Waals surface area contributed by atoms with E-state index >= 15 is 0 Å². The quantitative estimate of drug-likeness (QED) is 0.869. The Kier molecular flexibility index (Phi) is 3.64. The molecule has 4 nitrogen and oxygen atoms in total. The van der Waals surface area contributed by atoms with Gasteiger partial charge < -0.3 is 4.74 Å². The van der Waals surface area contributed by atoms with E-state index in [4.69, 9.17) is 4.74 Å². The summed E-state index contributed by atoms with van der Waals surface area (Å²) in [6.45, 7) is 4.48. The Morgan fingerprint density at radius 2 is 2.19 bits per heavy atom. The van der Waals surface area contributed by atoms with Gasteiger partial charge in [0.25, 0.3) is 0 Å². The van der Waals surface area contributed by atoms with Crippen LogP contribution in [0.5, 0.6) is 5.75 Å². The lowest BCUT2D eigenvalue weighted by Gasteiger charge is -2.15. The fraction of sp³-hybridized carbons (Fsp3) is 0.412. The molecular weight excluding hydrogens is 264 g/mol. The van der Waals surface area contributed by atoms with Gasteiger partial charge in [0, 0.05) is 24.5 Å². The first kappa shape index (κ1) is 14.0. The fourth-order valence-corrected chi connectivity index (χ4v) is 3.03. The van der Waals surface area contributed by atoms with Crippen molar-refractivity contribution in [2.75, 3.05) is 13.6 Å². The first-order valence-corrected chi connectivity index (χ1v) is 7.27. The van der Waals surface area contributed by atoms with Crippen LogP contribution in [0.2, 0.25) is 0 Å². The number of likely N-dealkylation sites (tertiary alicyclic amines) is 1. The van der Waals surface area contributed by atoms with Gasteiger partial charge in [-0.15, -0.1) is 0 Å². The highest BCUT2D eigenvalue weighted by Crippen LogP contribution is 2.28. The van der Waals surface area contributed by atoms with E-state index in [9.17, 15) is 4.79 Å². The molecule has 1 aliphatic heterocycles. The number of ether oxygens (including phenoxy) is 1. The third-order valence-corrected chi connectivity index (χ3v) is 4.13. The molecule has 2 aromatic rings. The molecule has 0 radical (unpaired) electrons. The minimum absolute atomic E-state index is 0.0228. The van der Waals surface area contributed by atoms with Gasteiger partial charge in [-0.25, -0.2) is 0 Å². The van der Waals surface area contributed by atoms with Crippen molar-refractivity contribution in [1.82, 2.24) is 9.88 Å². The van der Waals surface area contributed by atoms with E-state index < -0.39 is 0 Å². The molecule has 0 spiro atoms. The number of benzene rings is 1. The van der Waals surface area contributed by atoms with E-state index in [1.165, 1.54) is 5.56 Å². The lowest BCUT2D eigenvalue weighted by molar-refractivity contribution is -0.120. The average Bonchev–Trinajstić information content (AvgIpc) is 2.79. The summed E-state index contributed by atoms with van der Waals surface area (Å²) >= 11 is 0. The minimum Gasteiger partial charge on any atom is -0.488 e. The number of hydrogen-bond donors (Lipinski definition) is 0. The minimum atomic E-state index is -0.0228. The number of likely N-dealkylation sites (N-methyl/N-ethyl adjacent to an activating group) is 1. The molecule has 110 valence electrons. The average molecular weight is 284 g/mol. The van der Waals surface area contributed by atoms with Crippen LogP contribution < -0.4 is 4.74 Å². The van der Waals surface area contributed by atoms with Crippen LogP contribution in [0.3, 0.4) is 0 Å². The Balaban J connectivity index is 1.84. The zero-order valence-electron chi connectivity index (χ0n) is 12.7. The fourth-order valence-electron chi connectivity index (χ4n) is 3.03. The van der Waals surface area contributed by atoms with E-state index in [1.54, 1.807) is 13.1 Å². The number of aryl methyl sites for hydroxylation is 1. The molecule has 2 heterocycles. The maximum absolute atomic E-state index is 11.6. The SMILES string of the molecule is CC(=O)C1CC(Oc2ccnc3cc(C)ccc23)CN1C. The van der Waals surface area contributed by atoms with Crippen molar-refractivity contribution in [3.63, 3.8) is 0 Å². The lowest BCUT2D eigenvalue weighted by atomic mass is 10.1. The number of nitrogens with zero attached hydrogens (tertiary/aromatic N) is 2. The van der Waals surface area contributed by atoms with Crippen molar-refractivity contribution in [2.45, 2.75) is 32.4 Å². The van der Waals surface area contributed by atoms with Crippen molar-refractivity contribution in [2.24, 2.45) is 0 Å². The third kappa shape index (κ3) is 2.76. The van der Waals surface area contributed by atoms with Gasteiger partial charge in [-0.05, 0) is 44.7 Å². The molecule has 0 aliphatic carbocycles. The molecule has 21 heavy (non-hydrogen) atoms. The van der Waals surface area contributed by atoms with Gasteiger partial charge in [0.2, 0.25) is 0 Å². The van der Waals surface area contributed by atoms with Crippen molar-refractivity contribution < 1.29 is 9.53 Å². The topological polar surface area (TPSA) is 42.4 Å².